The van der Waals surface area contributed by atoms with Crippen molar-refractivity contribution in [3.63, 3.8) is 0 Å². The van der Waals surface area contributed by atoms with Gasteiger partial charge in [-0.25, -0.2) is 4.98 Å². The van der Waals surface area contributed by atoms with E-state index in [1.165, 1.54) is 0 Å². The standard InChI is InChI=1S/C10H11N3S/c1-6-5-14-10(13-6)8-4-7(11)2-3-9(8)12/h2-5H,11-12H2,1H3. The van der Waals surface area contributed by atoms with Crippen molar-refractivity contribution < 1.29 is 0 Å². The summed E-state index contributed by atoms with van der Waals surface area (Å²) >= 11 is 1.58. The summed E-state index contributed by atoms with van der Waals surface area (Å²) in [6, 6.07) is 5.45. The molecule has 2 aromatic rings. The summed E-state index contributed by atoms with van der Waals surface area (Å²) in [6.45, 7) is 1.96. The van der Waals surface area contributed by atoms with Crippen LogP contribution in [0, 0.1) is 6.92 Å². The molecule has 0 fully saturated rings. The Labute approximate surface area is 86.4 Å². The van der Waals surface area contributed by atoms with Crippen LogP contribution in [-0.2, 0) is 0 Å². The Kier molecular flexibility index (Phi) is 2.13. The van der Waals surface area contributed by atoms with E-state index in [9.17, 15) is 0 Å². The third-order valence-corrected chi connectivity index (χ3v) is 2.92. The van der Waals surface area contributed by atoms with Crippen molar-refractivity contribution in [3.8, 4) is 10.6 Å². The van der Waals surface area contributed by atoms with Gasteiger partial charge in [0.15, 0.2) is 0 Å². The summed E-state index contributed by atoms with van der Waals surface area (Å²) < 4.78 is 0. The molecule has 0 saturated heterocycles. The molecule has 2 rings (SSSR count). The van der Waals surface area contributed by atoms with Crippen molar-refractivity contribution in [1.82, 2.24) is 4.98 Å². The average molecular weight is 205 g/mol. The van der Waals surface area contributed by atoms with E-state index in [4.69, 9.17) is 11.5 Å². The van der Waals surface area contributed by atoms with E-state index in [1.54, 1.807) is 23.5 Å². The number of hydrogen-bond acceptors (Lipinski definition) is 4. The Morgan fingerprint density at radius 1 is 1.29 bits per heavy atom. The van der Waals surface area contributed by atoms with E-state index < -0.39 is 0 Å². The highest BCUT2D eigenvalue weighted by molar-refractivity contribution is 7.13. The smallest absolute Gasteiger partial charge is 0.125 e. The highest BCUT2D eigenvalue weighted by Gasteiger charge is 2.06. The van der Waals surface area contributed by atoms with Crippen LogP contribution < -0.4 is 11.5 Å². The minimum Gasteiger partial charge on any atom is -0.399 e. The first kappa shape index (κ1) is 9.02. The van der Waals surface area contributed by atoms with Gasteiger partial charge in [0.1, 0.15) is 5.01 Å². The molecule has 3 nitrogen and oxygen atoms in total. The van der Waals surface area contributed by atoms with Crippen LogP contribution in [0.15, 0.2) is 23.6 Å². The number of anilines is 2. The Bertz CT molecular complexity index is 462. The summed E-state index contributed by atoms with van der Waals surface area (Å²) in [5.74, 6) is 0. The van der Waals surface area contributed by atoms with Crippen LogP contribution in [0.1, 0.15) is 5.69 Å². The molecule has 4 heteroatoms. The zero-order valence-electron chi connectivity index (χ0n) is 7.82. The number of nitrogen functional groups attached to an aromatic ring is 2. The summed E-state index contributed by atoms with van der Waals surface area (Å²) in [4.78, 5) is 4.37. The van der Waals surface area contributed by atoms with Crippen LogP contribution in [0.2, 0.25) is 0 Å². The van der Waals surface area contributed by atoms with Crippen LogP contribution in [0.3, 0.4) is 0 Å². The van der Waals surface area contributed by atoms with Crippen LogP contribution in [0.4, 0.5) is 11.4 Å². The second-order valence-electron chi connectivity index (χ2n) is 3.14. The fraction of sp³-hybridized carbons (Fsp3) is 0.100. The minimum atomic E-state index is 0.710. The zero-order valence-corrected chi connectivity index (χ0v) is 8.64. The lowest BCUT2D eigenvalue weighted by Crippen LogP contribution is -1.92. The van der Waals surface area contributed by atoms with Crippen LogP contribution >= 0.6 is 11.3 Å². The minimum absolute atomic E-state index is 0.710. The van der Waals surface area contributed by atoms with Crippen molar-refractivity contribution in [2.75, 3.05) is 11.5 Å². The summed E-state index contributed by atoms with van der Waals surface area (Å²) in [6.07, 6.45) is 0. The van der Waals surface area contributed by atoms with Gasteiger partial charge in [-0.15, -0.1) is 11.3 Å². The number of thiazole rings is 1. The van der Waals surface area contributed by atoms with Gasteiger partial charge >= 0.3 is 0 Å². The number of aromatic nitrogens is 1. The molecule has 0 saturated carbocycles. The fourth-order valence-electron chi connectivity index (χ4n) is 1.24. The van der Waals surface area contributed by atoms with Gasteiger partial charge in [0.05, 0.1) is 0 Å². The molecule has 1 aromatic carbocycles. The SMILES string of the molecule is Cc1csc(-c2cc(N)ccc2N)n1. The lowest BCUT2D eigenvalue weighted by atomic mass is 10.1. The van der Waals surface area contributed by atoms with E-state index >= 15 is 0 Å². The normalized spacial score (nSPS) is 10.4. The van der Waals surface area contributed by atoms with Crippen molar-refractivity contribution in [2.24, 2.45) is 0 Å². The molecule has 0 aliphatic heterocycles. The molecule has 4 N–H and O–H groups in total. The summed E-state index contributed by atoms with van der Waals surface area (Å²) in [5, 5.41) is 2.92. The molecule has 14 heavy (non-hydrogen) atoms. The molecule has 0 spiro atoms. The second-order valence-corrected chi connectivity index (χ2v) is 4.00. The predicted octanol–water partition coefficient (Wildman–Crippen LogP) is 2.28. The highest BCUT2D eigenvalue weighted by Crippen LogP contribution is 2.30. The van der Waals surface area contributed by atoms with Gasteiger partial charge in [0, 0.05) is 28.0 Å². The number of nitrogens with two attached hydrogens (primary N) is 2. The first-order chi connectivity index (χ1) is 6.66. The molecule has 72 valence electrons. The maximum atomic E-state index is 5.84. The lowest BCUT2D eigenvalue weighted by molar-refractivity contribution is 1.27. The number of rotatable bonds is 1. The van der Waals surface area contributed by atoms with Crippen LogP contribution in [-0.4, -0.2) is 4.98 Å². The van der Waals surface area contributed by atoms with E-state index in [0.29, 0.717) is 11.4 Å². The van der Waals surface area contributed by atoms with Crippen molar-refractivity contribution in [3.05, 3.63) is 29.3 Å². The molecular formula is C10H11N3S. The quantitative estimate of drug-likeness (QED) is 0.702. The molecule has 0 aliphatic rings. The molecule has 0 bridgehead atoms. The molecule has 0 unspecified atom stereocenters. The number of hydrogen-bond donors (Lipinski definition) is 2. The van der Waals surface area contributed by atoms with Crippen LogP contribution in [0.5, 0.6) is 0 Å². The third-order valence-electron chi connectivity index (χ3n) is 1.93. The van der Waals surface area contributed by atoms with Gasteiger partial charge in [-0.3, -0.25) is 0 Å². The van der Waals surface area contributed by atoms with E-state index in [2.05, 4.69) is 4.98 Å². The molecule has 1 aromatic heterocycles. The number of aryl methyl sites for hydroxylation is 1. The predicted molar refractivity (Wildman–Crippen MR) is 61.1 cm³/mol. The summed E-state index contributed by atoms with van der Waals surface area (Å²) in [7, 11) is 0. The fourth-order valence-corrected chi connectivity index (χ4v) is 2.07. The topological polar surface area (TPSA) is 64.9 Å². The van der Waals surface area contributed by atoms with E-state index in [0.717, 1.165) is 16.3 Å². The third kappa shape index (κ3) is 1.56. The zero-order chi connectivity index (χ0) is 10.1. The Hall–Kier alpha value is -1.55. The van der Waals surface area contributed by atoms with E-state index in [1.807, 2.05) is 18.4 Å². The first-order valence-corrected chi connectivity index (χ1v) is 5.12. The van der Waals surface area contributed by atoms with Gasteiger partial charge in [-0.1, -0.05) is 0 Å². The van der Waals surface area contributed by atoms with Gasteiger partial charge < -0.3 is 11.5 Å². The maximum absolute atomic E-state index is 5.84. The number of nitrogens with zero attached hydrogens (tertiary/aromatic N) is 1. The largest absolute Gasteiger partial charge is 0.399 e. The Balaban J connectivity index is 2.55. The maximum Gasteiger partial charge on any atom is 0.125 e. The number of benzene rings is 1. The van der Waals surface area contributed by atoms with Gasteiger partial charge in [-0.05, 0) is 25.1 Å². The van der Waals surface area contributed by atoms with Crippen molar-refractivity contribution >= 4 is 22.7 Å². The van der Waals surface area contributed by atoms with Crippen molar-refractivity contribution in [1.29, 1.82) is 0 Å². The lowest BCUT2D eigenvalue weighted by Gasteiger charge is -2.02. The molecule has 0 atom stereocenters. The molecule has 1 heterocycles. The molecule has 0 aliphatic carbocycles. The molecular weight excluding hydrogens is 194 g/mol. The van der Waals surface area contributed by atoms with Crippen molar-refractivity contribution in [2.45, 2.75) is 6.92 Å². The monoisotopic (exact) mass is 205 g/mol. The Morgan fingerprint density at radius 3 is 2.71 bits per heavy atom. The van der Waals surface area contributed by atoms with Gasteiger partial charge in [0.25, 0.3) is 0 Å². The Morgan fingerprint density at radius 2 is 2.07 bits per heavy atom. The van der Waals surface area contributed by atoms with Gasteiger partial charge in [0.2, 0.25) is 0 Å². The van der Waals surface area contributed by atoms with Gasteiger partial charge in [-0.2, -0.15) is 0 Å². The molecule has 0 radical (unpaired) electrons. The first-order valence-electron chi connectivity index (χ1n) is 4.24. The second kappa shape index (κ2) is 3.31. The summed E-state index contributed by atoms with van der Waals surface area (Å²) in [5.41, 5.74) is 14.9. The van der Waals surface area contributed by atoms with E-state index in [-0.39, 0.29) is 0 Å². The van der Waals surface area contributed by atoms with Crippen LogP contribution in [0.25, 0.3) is 10.6 Å². The molecule has 0 amide bonds. The average Bonchev–Trinajstić information content (AvgIpc) is 2.56. The highest BCUT2D eigenvalue weighted by atomic mass is 32.1.